The van der Waals surface area contributed by atoms with Crippen LogP contribution in [-0.2, 0) is 14.8 Å². The van der Waals surface area contributed by atoms with Crippen LogP contribution in [0.1, 0.15) is 24.7 Å². The first-order valence-electron chi connectivity index (χ1n) is 9.26. The maximum absolute atomic E-state index is 13.1. The van der Waals surface area contributed by atoms with Gasteiger partial charge in [-0.15, -0.1) is 0 Å². The Morgan fingerprint density at radius 1 is 1.07 bits per heavy atom. The highest BCUT2D eigenvalue weighted by Crippen LogP contribution is 2.36. The minimum absolute atomic E-state index is 0.116. The van der Waals surface area contributed by atoms with Crippen molar-refractivity contribution in [1.29, 1.82) is 0 Å². The first-order chi connectivity index (χ1) is 13.4. The number of carbonyl (C=O) groups is 1. The zero-order chi connectivity index (χ0) is 19.9. The van der Waals surface area contributed by atoms with E-state index in [9.17, 15) is 13.2 Å². The van der Waals surface area contributed by atoms with Gasteiger partial charge in [-0.1, -0.05) is 36.4 Å². The summed E-state index contributed by atoms with van der Waals surface area (Å²) in [6.45, 7) is 4.62. The summed E-state index contributed by atoms with van der Waals surface area (Å²) in [4.78, 5) is 23.9. The Bertz CT molecular complexity index is 1000. The van der Waals surface area contributed by atoms with Crippen molar-refractivity contribution >= 4 is 27.5 Å². The highest BCUT2D eigenvalue weighted by Gasteiger charge is 2.52. The number of hydrogen-bond donors (Lipinski definition) is 0. The van der Waals surface area contributed by atoms with Gasteiger partial charge in [0.25, 0.3) is 15.9 Å². The Morgan fingerprint density at radius 3 is 2.36 bits per heavy atom. The number of pyridine rings is 1. The fourth-order valence-electron chi connectivity index (χ4n) is 3.67. The van der Waals surface area contributed by atoms with Crippen molar-refractivity contribution in [2.75, 3.05) is 18.0 Å². The lowest BCUT2D eigenvalue weighted by atomic mass is 10.1. The summed E-state index contributed by atoms with van der Waals surface area (Å²) in [7, 11) is -3.85. The summed E-state index contributed by atoms with van der Waals surface area (Å²) in [5.41, 5.74) is 0.684. The van der Waals surface area contributed by atoms with Crippen molar-refractivity contribution in [2.45, 2.75) is 31.2 Å². The number of benzene rings is 1. The van der Waals surface area contributed by atoms with Crippen LogP contribution >= 0.6 is 0 Å². The molecule has 146 valence electrons. The molecule has 2 fully saturated rings. The van der Waals surface area contributed by atoms with Gasteiger partial charge in [-0.25, -0.2) is 17.7 Å². The highest BCUT2D eigenvalue weighted by molar-refractivity contribution is 7.91. The van der Waals surface area contributed by atoms with Gasteiger partial charge in [0.2, 0.25) is 0 Å². The monoisotopic (exact) mass is 398 g/mol. The van der Waals surface area contributed by atoms with Crippen LogP contribution < -0.4 is 4.90 Å². The third-order valence-corrected chi connectivity index (χ3v) is 7.20. The minimum atomic E-state index is -3.85. The van der Waals surface area contributed by atoms with Gasteiger partial charge in [-0.05, 0) is 31.5 Å². The largest absolute Gasteiger partial charge is 0.352 e. The molecular formula is C20H22N4O3S. The topological polar surface area (TPSA) is 82.9 Å². The van der Waals surface area contributed by atoms with Crippen molar-refractivity contribution in [1.82, 2.24) is 9.29 Å². The average Bonchev–Trinajstić information content (AvgIpc) is 2.84. The molecule has 1 aromatic carbocycles. The molecule has 0 aliphatic carbocycles. The SMILES string of the molecule is CC(C)N1C(=O)C(=NC2CN(c3ccccn3)C2)C(c2ccccc2)S1(=O)=O. The fraction of sp³-hybridized carbons (Fsp3) is 0.350. The number of amides is 1. The number of anilines is 1. The van der Waals surface area contributed by atoms with Gasteiger partial charge in [0.15, 0.2) is 5.25 Å². The summed E-state index contributed by atoms with van der Waals surface area (Å²) in [5.74, 6) is 0.341. The number of nitrogens with zero attached hydrogens (tertiary/aromatic N) is 4. The molecule has 0 bridgehead atoms. The maximum atomic E-state index is 13.1. The van der Waals surface area contributed by atoms with Crippen molar-refractivity contribution in [3.05, 3.63) is 60.3 Å². The van der Waals surface area contributed by atoms with Crippen molar-refractivity contribution in [3.8, 4) is 0 Å². The lowest BCUT2D eigenvalue weighted by Gasteiger charge is -2.38. The van der Waals surface area contributed by atoms with Crippen LogP contribution in [0.2, 0.25) is 0 Å². The van der Waals surface area contributed by atoms with E-state index in [1.54, 1.807) is 44.3 Å². The Morgan fingerprint density at radius 2 is 1.75 bits per heavy atom. The summed E-state index contributed by atoms with van der Waals surface area (Å²) in [6.07, 6.45) is 1.73. The van der Waals surface area contributed by atoms with Crippen LogP contribution in [0.15, 0.2) is 59.7 Å². The van der Waals surface area contributed by atoms with E-state index in [2.05, 4.69) is 14.9 Å². The van der Waals surface area contributed by atoms with Crippen LogP contribution in [-0.4, -0.2) is 54.5 Å². The Kier molecular flexibility index (Phi) is 4.66. The molecule has 4 rings (SSSR count). The molecule has 1 aromatic heterocycles. The predicted octanol–water partition coefficient (Wildman–Crippen LogP) is 2.03. The van der Waals surface area contributed by atoms with Crippen LogP contribution in [0, 0.1) is 0 Å². The van der Waals surface area contributed by atoms with Crippen LogP contribution in [0.25, 0.3) is 0 Å². The normalized spacial score (nSPS) is 23.5. The van der Waals surface area contributed by atoms with Crippen molar-refractivity contribution < 1.29 is 13.2 Å². The number of rotatable bonds is 4. The zero-order valence-corrected chi connectivity index (χ0v) is 16.6. The average molecular weight is 398 g/mol. The first kappa shape index (κ1) is 18.6. The molecule has 0 spiro atoms. The quantitative estimate of drug-likeness (QED) is 0.787. The smallest absolute Gasteiger partial charge is 0.283 e. The number of aliphatic imine (C=N–C) groups is 1. The number of aromatic nitrogens is 1. The minimum Gasteiger partial charge on any atom is -0.352 e. The second-order valence-electron chi connectivity index (χ2n) is 7.29. The lowest BCUT2D eigenvalue weighted by molar-refractivity contribution is -0.120. The molecule has 1 unspecified atom stereocenters. The molecule has 0 N–H and O–H groups in total. The summed E-state index contributed by atoms with van der Waals surface area (Å²) >= 11 is 0. The van der Waals surface area contributed by atoms with Gasteiger partial charge in [-0.3, -0.25) is 9.79 Å². The fourth-order valence-corrected chi connectivity index (χ4v) is 5.75. The van der Waals surface area contributed by atoms with Crippen LogP contribution in [0.4, 0.5) is 5.82 Å². The molecule has 2 aromatic rings. The van der Waals surface area contributed by atoms with Crippen molar-refractivity contribution in [3.63, 3.8) is 0 Å². The Hall–Kier alpha value is -2.74. The van der Waals surface area contributed by atoms with E-state index in [1.807, 2.05) is 24.3 Å². The van der Waals surface area contributed by atoms with Gasteiger partial charge in [0.05, 0.1) is 6.04 Å². The van der Waals surface area contributed by atoms with E-state index in [4.69, 9.17) is 0 Å². The number of carbonyl (C=O) groups excluding carboxylic acids is 1. The molecule has 28 heavy (non-hydrogen) atoms. The van der Waals surface area contributed by atoms with Gasteiger partial charge in [0, 0.05) is 25.3 Å². The van der Waals surface area contributed by atoms with E-state index < -0.39 is 27.2 Å². The van der Waals surface area contributed by atoms with Crippen LogP contribution in [0.5, 0.6) is 0 Å². The first-order valence-corrected chi connectivity index (χ1v) is 10.8. The molecule has 3 heterocycles. The Balaban J connectivity index is 1.66. The third kappa shape index (κ3) is 3.07. The van der Waals surface area contributed by atoms with Gasteiger partial charge in [0.1, 0.15) is 11.5 Å². The van der Waals surface area contributed by atoms with E-state index >= 15 is 0 Å². The number of hydrogen-bond acceptors (Lipinski definition) is 6. The molecule has 2 saturated heterocycles. The second kappa shape index (κ2) is 7.01. The summed E-state index contributed by atoms with van der Waals surface area (Å²) < 4.78 is 27.2. The third-order valence-electron chi connectivity index (χ3n) is 4.97. The van der Waals surface area contributed by atoms with Crippen molar-refractivity contribution in [2.24, 2.45) is 4.99 Å². The highest BCUT2D eigenvalue weighted by atomic mass is 32.2. The van der Waals surface area contributed by atoms with Gasteiger partial charge >= 0.3 is 0 Å². The standard InChI is InChI=1S/C20H22N4O3S/c1-14(2)24-20(25)18(19(28(24,26)27)15-8-4-3-5-9-15)22-16-12-23(13-16)17-10-6-7-11-21-17/h3-11,14,16,19H,12-13H2,1-2H3. The van der Waals surface area contributed by atoms with E-state index in [-0.39, 0.29) is 11.8 Å². The number of sulfonamides is 1. The van der Waals surface area contributed by atoms with E-state index in [0.717, 1.165) is 10.1 Å². The van der Waals surface area contributed by atoms with Gasteiger partial charge < -0.3 is 4.90 Å². The zero-order valence-electron chi connectivity index (χ0n) is 15.8. The molecule has 2 aliphatic rings. The molecule has 2 aliphatic heterocycles. The lowest BCUT2D eigenvalue weighted by Crippen LogP contribution is -2.51. The van der Waals surface area contributed by atoms with E-state index in [1.165, 1.54) is 0 Å². The molecule has 0 saturated carbocycles. The van der Waals surface area contributed by atoms with Crippen LogP contribution in [0.3, 0.4) is 0 Å². The summed E-state index contributed by atoms with van der Waals surface area (Å²) in [6, 6.07) is 13.9. The summed E-state index contributed by atoms with van der Waals surface area (Å²) in [5, 5.41) is -1.05. The Labute approximate surface area is 164 Å². The van der Waals surface area contributed by atoms with Gasteiger partial charge in [-0.2, -0.15) is 0 Å². The molecular weight excluding hydrogens is 376 g/mol. The predicted molar refractivity (Wildman–Crippen MR) is 108 cm³/mol. The molecule has 8 heteroatoms. The maximum Gasteiger partial charge on any atom is 0.283 e. The molecule has 7 nitrogen and oxygen atoms in total. The second-order valence-corrected chi connectivity index (χ2v) is 9.19. The molecule has 0 radical (unpaired) electrons. The van der Waals surface area contributed by atoms with E-state index in [0.29, 0.717) is 18.7 Å². The molecule has 1 atom stereocenters. The molecule has 1 amide bonds.